The van der Waals surface area contributed by atoms with Gasteiger partial charge < -0.3 is 4.74 Å². The number of ether oxygens (including phenoxy) is 1. The van der Waals surface area contributed by atoms with Gasteiger partial charge in [0.2, 0.25) is 0 Å². The predicted molar refractivity (Wildman–Crippen MR) is 124 cm³/mol. The molecule has 2 heteroatoms. The first-order valence-corrected chi connectivity index (χ1v) is 12.6. The molecular weight excluding hydrogens is 344 g/mol. The summed E-state index contributed by atoms with van der Waals surface area (Å²) in [4.78, 5) is 11.7. The zero-order valence-electron chi connectivity index (χ0n) is 19.3. The second kappa shape index (κ2) is 24.2. The number of allylic oxidation sites excluding steroid dienone is 2. The Labute approximate surface area is 176 Å². The van der Waals surface area contributed by atoms with Gasteiger partial charge in [0.05, 0.1) is 6.61 Å². The molecule has 0 aliphatic heterocycles. The number of carbonyl (C=O) groups is 1. The Bertz CT molecular complexity index is 335. The Morgan fingerprint density at radius 3 is 1.54 bits per heavy atom. The lowest BCUT2D eigenvalue weighted by Gasteiger charge is -2.05. The first kappa shape index (κ1) is 27.2. The molecule has 0 atom stereocenters. The van der Waals surface area contributed by atoms with Crippen molar-refractivity contribution in [2.75, 3.05) is 6.61 Å². The molecule has 166 valence electrons. The first-order valence-electron chi connectivity index (χ1n) is 12.6. The summed E-state index contributed by atoms with van der Waals surface area (Å²) in [6.45, 7) is 5.13. The summed E-state index contributed by atoms with van der Waals surface area (Å²) >= 11 is 0. The van der Waals surface area contributed by atoms with Crippen LogP contribution in [0.3, 0.4) is 0 Å². The average Bonchev–Trinajstić information content (AvgIpc) is 2.70. The van der Waals surface area contributed by atoms with E-state index in [0.717, 1.165) is 12.8 Å². The van der Waals surface area contributed by atoms with Crippen molar-refractivity contribution >= 4 is 5.97 Å². The van der Waals surface area contributed by atoms with Gasteiger partial charge in [-0.3, -0.25) is 4.79 Å². The molecule has 0 aromatic heterocycles. The number of rotatable bonds is 22. The first-order chi connectivity index (χ1) is 13.8. The van der Waals surface area contributed by atoms with E-state index in [0.29, 0.717) is 13.0 Å². The summed E-state index contributed by atoms with van der Waals surface area (Å²) in [6.07, 6.45) is 29.5. The van der Waals surface area contributed by atoms with Gasteiger partial charge >= 0.3 is 5.97 Å². The third-order valence-corrected chi connectivity index (χ3v) is 5.40. The molecule has 0 amide bonds. The number of hydrogen-bond acceptors (Lipinski definition) is 2. The fraction of sp³-hybridized carbons (Fsp3) is 0.885. The van der Waals surface area contributed by atoms with Crippen LogP contribution in [0.5, 0.6) is 0 Å². The highest BCUT2D eigenvalue weighted by atomic mass is 16.5. The van der Waals surface area contributed by atoms with Crippen molar-refractivity contribution in [1.29, 1.82) is 0 Å². The molecule has 0 fully saturated rings. The van der Waals surface area contributed by atoms with Crippen molar-refractivity contribution < 1.29 is 9.53 Å². The van der Waals surface area contributed by atoms with Crippen LogP contribution in [0.25, 0.3) is 0 Å². The van der Waals surface area contributed by atoms with E-state index in [4.69, 9.17) is 4.74 Å². The van der Waals surface area contributed by atoms with Gasteiger partial charge in [-0.1, -0.05) is 109 Å². The smallest absolute Gasteiger partial charge is 0.305 e. The van der Waals surface area contributed by atoms with Gasteiger partial charge in [0.15, 0.2) is 0 Å². The topological polar surface area (TPSA) is 26.3 Å². The highest BCUT2D eigenvalue weighted by Gasteiger charge is 2.02. The van der Waals surface area contributed by atoms with Crippen molar-refractivity contribution in [2.24, 2.45) is 0 Å². The predicted octanol–water partition coefficient (Wildman–Crippen LogP) is 8.93. The van der Waals surface area contributed by atoms with Crippen LogP contribution in [0.15, 0.2) is 12.2 Å². The van der Waals surface area contributed by atoms with Crippen LogP contribution in [0.4, 0.5) is 0 Å². The minimum atomic E-state index is 0.00777. The molecule has 0 saturated carbocycles. The number of hydrogen-bond donors (Lipinski definition) is 0. The van der Waals surface area contributed by atoms with Crippen molar-refractivity contribution in [1.82, 2.24) is 0 Å². The number of esters is 1. The second-order valence-corrected chi connectivity index (χ2v) is 8.32. The molecule has 0 saturated heterocycles. The van der Waals surface area contributed by atoms with Crippen LogP contribution in [0.1, 0.15) is 142 Å². The van der Waals surface area contributed by atoms with Crippen LogP contribution < -0.4 is 0 Å². The van der Waals surface area contributed by atoms with Gasteiger partial charge in [0.25, 0.3) is 0 Å². The van der Waals surface area contributed by atoms with E-state index in [9.17, 15) is 4.79 Å². The van der Waals surface area contributed by atoms with Crippen molar-refractivity contribution in [3.8, 4) is 0 Å². The molecule has 0 aromatic carbocycles. The largest absolute Gasteiger partial charge is 0.466 e. The minimum absolute atomic E-state index is 0.00777. The lowest BCUT2D eigenvalue weighted by atomic mass is 10.1. The quantitative estimate of drug-likeness (QED) is 0.104. The molecule has 2 nitrogen and oxygen atoms in total. The Hall–Kier alpha value is -0.790. The summed E-state index contributed by atoms with van der Waals surface area (Å²) in [5, 5.41) is 0. The lowest BCUT2D eigenvalue weighted by molar-refractivity contribution is -0.143. The Morgan fingerprint density at radius 1 is 0.571 bits per heavy atom. The van der Waals surface area contributed by atoms with Crippen molar-refractivity contribution in [3.63, 3.8) is 0 Å². The van der Waals surface area contributed by atoms with E-state index >= 15 is 0 Å². The Balaban J connectivity index is 3.18. The molecule has 0 bridgehead atoms. The van der Waals surface area contributed by atoms with E-state index in [1.165, 1.54) is 109 Å². The number of carbonyl (C=O) groups excluding carboxylic acids is 1. The van der Waals surface area contributed by atoms with Crippen molar-refractivity contribution in [3.05, 3.63) is 12.2 Å². The van der Waals surface area contributed by atoms with Crippen LogP contribution in [0, 0.1) is 0 Å². The average molecular weight is 395 g/mol. The third kappa shape index (κ3) is 23.2. The van der Waals surface area contributed by atoms with Crippen molar-refractivity contribution in [2.45, 2.75) is 142 Å². The van der Waals surface area contributed by atoms with Gasteiger partial charge in [-0.05, 0) is 38.5 Å². The monoisotopic (exact) mass is 394 g/mol. The normalized spacial score (nSPS) is 11.4. The molecular formula is C26H50O2. The van der Waals surface area contributed by atoms with Gasteiger partial charge in [-0.25, -0.2) is 0 Å². The molecule has 0 rings (SSSR count). The van der Waals surface area contributed by atoms with Gasteiger partial charge in [0, 0.05) is 6.42 Å². The van der Waals surface area contributed by atoms with Gasteiger partial charge in [-0.15, -0.1) is 0 Å². The molecule has 0 spiro atoms. The molecule has 0 N–H and O–H groups in total. The van der Waals surface area contributed by atoms with Crippen LogP contribution >= 0.6 is 0 Å². The highest BCUT2D eigenvalue weighted by molar-refractivity contribution is 5.69. The molecule has 0 radical (unpaired) electrons. The van der Waals surface area contributed by atoms with Crippen LogP contribution in [-0.2, 0) is 9.53 Å². The number of unbranched alkanes of at least 4 members (excludes halogenated alkanes) is 16. The van der Waals surface area contributed by atoms with E-state index in [1.54, 1.807) is 0 Å². The minimum Gasteiger partial charge on any atom is -0.466 e. The Morgan fingerprint density at radius 2 is 1.00 bits per heavy atom. The zero-order valence-corrected chi connectivity index (χ0v) is 19.3. The molecule has 0 heterocycles. The highest BCUT2D eigenvalue weighted by Crippen LogP contribution is 2.11. The third-order valence-electron chi connectivity index (χ3n) is 5.40. The fourth-order valence-corrected chi connectivity index (χ4v) is 3.48. The lowest BCUT2D eigenvalue weighted by Crippen LogP contribution is -2.05. The summed E-state index contributed by atoms with van der Waals surface area (Å²) in [7, 11) is 0. The summed E-state index contributed by atoms with van der Waals surface area (Å²) in [5.74, 6) is 0.00777. The standard InChI is InChI=1S/C26H50O2/c1-3-5-7-9-11-12-13-14-15-16-17-18-19-20-22-24-26(27)28-25-23-21-10-8-6-4-2/h13-14H,3-12,15-25H2,1-2H3/b14-13+. The van der Waals surface area contributed by atoms with Crippen LogP contribution in [-0.4, -0.2) is 12.6 Å². The maximum atomic E-state index is 11.7. The summed E-state index contributed by atoms with van der Waals surface area (Å²) in [6, 6.07) is 0. The van der Waals surface area contributed by atoms with E-state index in [2.05, 4.69) is 26.0 Å². The Kier molecular flexibility index (Phi) is 23.6. The van der Waals surface area contributed by atoms with Crippen LogP contribution in [0.2, 0.25) is 0 Å². The van der Waals surface area contributed by atoms with E-state index in [1.807, 2.05) is 0 Å². The maximum Gasteiger partial charge on any atom is 0.305 e. The maximum absolute atomic E-state index is 11.7. The van der Waals surface area contributed by atoms with E-state index < -0.39 is 0 Å². The second-order valence-electron chi connectivity index (χ2n) is 8.32. The molecule has 28 heavy (non-hydrogen) atoms. The molecule has 0 aliphatic carbocycles. The molecule has 0 aliphatic rings. The molecule has 0 aromatic rings. The fourth-order valence-electron chi connectivity index (χ4n) is 3.48. The van der Waals surface area contributed by atoms with Gasteiger partial charge in [0.1, 0.15) is 0 Å². The SMILES string of the molecule is CCCCCCC/C=C/CCCCCCCCC(=O)OCCCCCCCC. The van der Waals surface area contributed by atoms with Gasteiger partial charge in [-0.2, -0.15) is 0 Å². The summed E-state index contributed by atoms with van der Waals surface area (Å²) < 4.78 is 5.32. The summed E-state index contributed by atoms with van der Waals surface area (Å²) in [5.41, 5.74) is 0. The zero-order chi connectivity index (χ0) is 20.5. The molecule has 0 unspecified atom stereocenters. The van der Waals surface area contributed by atoms with E-state index in [-0.39, 0.29) is 5.97 Å².